The minimum Gasteiger partial charge on any atom is -0.457 e. The van der Waals surface area contributed by atoms with E-state index in [1.165, 1.54) is 12.5 Å². The van der Waals surface area contributed by atoms with Crippen molar-refractivity contribution in [3.63, 3.8) is 0 Å². The van der Waals surface area contributed by atoms with Crippen LogP contribution in [-0.2, 0) is 25.5 Å². The molecule has 4 nitrogen and oxygen atoms in total. The first kappa shape index (κ1) is 20.2. The molecule has 0 heterocycles. The summed E-state index contributed by atoms with van der Waals surface area (Å²) >= 11 is 0. The molecule has 0 radical (unpaired) electrons. The third-order valence-corrected chi connectivity index (χ3v) is 3.51. The lowest BCUT2D eigenvalue weighted by Crippen LogP contribution is -2.33. The van der Waals surface area contributed by atoms with Gasteiger partial charge in [-0.05, 0) is 58.1 Å². The summed E-state index contributed by atoms with van der Waals surface area (Å²) in [5.74, 6) is -0.795. The van der Waals surface area contributed by atoms with Crippen molar-refractivity contribution in [2.24, 2.45) is 5.92 Å². The van der Waals surface area contributed by atoms with Gasteiger partial charge < -0.3 is 9.47 Å². The van der Waals surface area contributed by atoms with Gasteiger partial charge in [0.1, 0.15) is 5.60 Å². The van der Waals surface area contributed by atoms with Crippen LogP contribution >= 0.6 is 0 Å². The Morgan fingerprint density at radius 1 is 0.958 bits per heavy atom. The van der Waals surface area contributed by atoms with Gasteiger partial charge in [0, 0.05) is 0 Å². The van der Waals surface area contributed by atoms with E-state index in [1.807, 2.05) is 24.3 Å². The number of carbonyl (C=O) groups excluding carboxylic acids is 2. The van der Waals surface area contributed by atoms with Gasteiger partial charge in [-0.3, -0.25) is 4.79 Å². The second kappa shape index (κ2) is 8.32. The van der Waals surface area contributed by atoms with E-state index in [0.717, 1.165) is 12.0 Å². The molecule has 0 aliphatic rings. The Balaban J connectivity index is 2.65. The van der Waals surface area contributed by atoms with Gasteiger partial charge >= 0.3 is 11.9 Å². The minimum atomic E-state index is -0.917. The normalized spacial score (nSPS) is 14.2. The maximum Gasteiger partial charge on any atom is 0.347 e. The average Bonchev–Trinajstić information content (AvgIpc) is 2.44. The number of hydrogen-bond donors (Lipinski definition) is 0. The Bertz CT molecular complexity index is 552. The molecule has 24 heavy (non-hydrogen) atoms. The molecule has 0 amide bonds. The van der Waals surface area contributed by atoms with E-state index in [9.17, 15) is 9.59 Å². The number of esters is 2. The van der Waals surface area contributed by atoms with E-state index in [1.54, 1.807) is 27.7 Å². The first-order valence-electron chi connectivity index (χ1n) is 8.51. The summed E-state index contributed by atoms with van der Waals surface area (Å²) < 4.78 is 10.5. The van der Waals surface area contributed by atoms with Crippen molar-refractivity contribution in [1.82, 2.24) is 0 Å². The van der Waals surface area contributed by atoms with E-state index in [2.05, 4.69) is 13.8 Å². The predicted molar refractivity (Wildman–Crippen MR) is 94.8 cm³/mol. The maximum atomic E-state index is 12.3. The van der Waals surface area contributed by atoms with E-state index in [4.69, 9.17) is 9.47 Å². The molecule has 1 aromatic carbocycles. The van der Waals surface area contributed by atoms with Gasteiger partial charge in [0.15, 0.2) is 6.10 Å². The van der Waals surface area contributed by atoms with Gasteiger partial charge in [0.2, 0.25) is 0 Å². The Morgan fingerprint density at radius 2 is 1.50 bits per heavy atom. The highest BCUT2D eigenvalue weighted by Gasteiger charge is 2.27. The highest BCUT2D eigenvalue weighted by atomic mass is 16.6. The largest absolute Gasteiger partial charge is 0.457 e. The molecule has 1 unspecified atom stereocenters. The summed E-state index contributed by atoms with van der Waals surface area (Å²) in [4.78, 5) is 24.2. The number of benzene rings is 1. The smallest absolute Gasteiger partial charge is 0.347 e. The fraction of sp³-hybridized carbons (Fsp3) is 0.600. The molecule has 1 rings (SSSR count). The van der Waals surface area contributed by atoms with Crippen molar-refractivity contribution < 1.29 is 19.1 Å². The second-order valence-electron chi connectivity index (χ2n) is 7.67. The molecule has 0 bridgehead atoms. The first-order valence-corrected chi connectivity index (χ1v) is 8.51. The summed E-state index contributed by atoms with van der Waals surface area (Å²) in [5, 5.41) is 0. The molecule has 0 saturated heterocycles. The molecule has 0 spiro atoms. The van der Waals surface area contributed by atoms with Gasteiger partial charge in [-0.15, -0.1) is 0 Å². The fourth-order valence-electron chi connectivity index (χ4n) is 2.26. The second-order valence-corrected chi connectivity index (χ2v) is 7.67. The van der Waals surface area contributed by atoms with Gasteiger partial charge in [-0.1, -0.05) is 38.1 Å². The van der Waals surface area contributed by atoms with Crippen LogP contribution in [-0.4, -0.2) is 23.6 Å². The van der Waals surface area contributed by atoms with Gasteiger partial charge in [-0.25, -0.2) is 4.79 Å². The highest BCUT2D eigenvalue weighted by Crippen LogP contribution is 2.20. The Morgan fingerprint density at radius 3 is 1.96 bits per heavy atom. The summed E-state index contributed by atoms with van der Waals surface area (Å²) in [6.45, 7) is 13.0. The molecule has 0 fully saturated rings. The Labute approximate surface area is 145 Å². The molecular weight excluding hydrogens is 304 g/mol. The fourth-order valence-corrected chi connectivity index (χ4v) is 2.26. The predicted octanol–water partition coefficient (Wildman–Crippen LogP) is 4.26. The van der Waals surface area contributed by atoms with Crippen LogP contribution in [0, 0.1) is 5.92 Å². The topological polar surface area (TPSA) is 52.6 Å². The third-order valence-electron chi connectivity index (χ3n) is 3.51. The Hall–Kier alpha value is -1.84. The molecule has 134 valence electrons. The van der Waals surface area contributed by atoms with Crippen LogP contribution in [0.15, 0.2) is 24.3 Å². The van der Waals surface area contributed by atoms with Crippen LogP contribution in [0.1, 0.15) is 65.5 Å². The quantitative estimate of drug-likeness (QED) is 0.729. The lowest BCUT2D eigenvalue weighted by atomic mass is 9.97. The van der Waals surface area contributed by atoms with E-state index >= 15 is 0 Å². The van der Waals surface area contributed by atoms with Crippen molar-refractivity contribution in [3.05, 3.63) is 35.4 Å². The van der Waals surface area contributed by atoms with Gasteiger partial charge in [0.25, 0.3) is 0 Å². The number of ether oxygens (including phenoxy) is 2. The van der Waals surface area contributed by atoms with Crippen molar-refractivity contribution in [2.75, 3.05) is 0 Å². The SMILES string of the molecule is CC(C)Cc1ccc(C(C)C(=O)O[C@H](C)C(=O)OC(C)(C)C)cc1. The summed E-state index contributed by atoms with van der Waals surface area (Å²) in [7, 11) is 0. The van der Waals surface area contributed by atoms with Crippen molar-refractivity contribution >= 4 is 11.9 Å². The maximum absolute atomic E-state index is 12.3. The number of hydrogen-bond acceptors (Lipinski definition) is 4. The van der Waals surface area contributed by atoms with Crippen LogP contribution in [0.3, 0.4) is 0 Å². The van der Waals surface area contributed by atoms with Crippen molar-refractivity contribution in [1.29, 1.82) is 0 Å². The van der Waals surface area contributed by atoms with Crippen molar-refractivity contribution in [3.8, 4) is 0 Å². The first-order chi connectivity index (χ1) is 11.0. The number of carbonyl (C=O) groups is 2. The van der Waals surface area contributed by atoms with E-state index in [-0.39, 0.29) is 0 Å². The highest BCUT2D eigenvalue weighted by molar-refractivity contribution is 5.82. The summed E-state index contributed by atoms with van der Waals surface area (Å²) in [5.41, 5.74) is 1.52. The monoisotopic (exact) mass is 334 g/mol. The van der Waals surface area contributed by atoms with Crippen molar-refractivity contribution in [2.45, 2.75) is 72.5 Å². The Kier molecular flexibility index (Phi) is 7.00. The van der Waals surface area contributed by atoms with Crippen LogP contribution in [0.5, 0.6) is 0 Å². The number of rotatable bonds is 6. The molecule has 0 aromatic heterocycles. The molecule has 0 aliphatic carbocycles. The van der Waals surface area contributed by atoms with Crippen LogP contribution in [0.25, 0.3) is 0 Å². The van der Waals surface area contributed by atoms with Gasteiger partial charge in [-0.2, -0.15) is 0 Å². The van der Waals surface area contributed by atoms with Crippen LogP contribution in [0.2, 0.25) is 0 Å². The molecule has 1 aromatic rings. The average molecular weight is 334 g/mol. The standard InChI is InChI=1S/C20H30O4/c1-13(2)12-16-8-10-17(11-9-16)14(3)18(21)23-15(4)19(22)24-20(5,6)7/h8-11,13-15H,12H2,1-7H3/t14?,15-/m1/s1. The summed E-state index contributed by atoms with van der Waals surface area (Å²) in [6, 6.07) is 7.97. The minimum absolute atomic E-state index is 0.426. The molecule has 0 N–H and O–H groups in total. The zero-order chi connectivity index (χ0) is 18.5. The zero-order valence-corrected chi connectivity index (χ0v) is 15.9. The molecule has 2 atom stereocenters. The molecule has 0 aliphatic heterocycles. The van der Waals surface area contributed by atoms with Gasteiger partial charge in [0.05, 0.1) is 5.92 Å². The molecular formula is C20H30O4. The van der Waals surface area contributed by atoms with Crippen LogP contribution in [0.4, 0.5) is 0 Å². The lowest BCUT2D eigenvalue weighted by molar-refractivity contribution is -0.174. The lowest BCUT2D eigenvalue weighted by Gasteiger charge is -2.23. The molecule has 4 heteroatoms. The molecule has 0 saturated carbocycles. The third kappa shape index (κ3) is 6.73. The van der Waals surface area contributed by atoms with E-state index in [0.29, 0.717) is 5.92 Å². The zero-order valence-electron chi connectivity index (χ0n) is 15.9. The van der Waals surface area contributed by atoms with E-state index < -0.39 is 29.6 Å². The van der Waals surface area contributed by atoms with Crippen LogP contribution < -0.4 is 0 Å². The summed E-state index contributed by atoms with van der Waals surface area (Å²) in [6.07, 6.45) is 0.0915.